The molecule has 2 atom stereocenters. The molecule has 7 rings (SSSR count). The summed E-state index contributed by atoms with van der Waals surface area (Å²) in [5.41, 5.74) is 6.03. The van der Waals surface area contributed by atoms with Gasteiger partial charge in [0.25, 0.3) is 0 Å². The molecule has 0 aromatic heterocycles. The van der Waals surface area contributed by atoms with Crippen molar-refractivity contribution in [2.75, 3.05) is 0 Å². The molecule has 2 nitrogen and oxygen atoms in total. The van der Waals surface area contributed by atoms with Crippen LogP contribution in [0.5, 0.6) is 0 Å². The molecular weight excluding hydrogens is 320 g/mol. The second kappa shape index (κ2) is 4.67. The Bertz CT molecular complexity index is 1130. The highest BCUT2D eigenvalue weighted by molar-refractivity contribution is 6.23. The Morgan fingerprint density at radius 2 is 0.962 bits per heavy atom. The van der Waals surface area contributed by atoms with Crippen LogP contribution in [-0.4, -0.2) is 11.6 Å². The molecule has 2 unspecified atom stereocenters. The molecule has 0 amide bonds. The van der Waals surface area contributed by atoms with E-state index in [4.69, 9.17) is 0 Å². The molecule has 26 heavy (non-hydrogen) atoms. The van der Waals surface area contributed by atoms with Crippen molar-refractivity contribution in [3.05, 3.63) is 106 Å². The van der Waals surface area contributed by atoms with E-state index in [-0.39, 0.29) is 23.4 Å². The first-order chi connectivity index (χ1) is 12.7. The van der Waals surface area contributed by atoms with Crippen LogP contribution in [0.25, 0.3) is 10.8 Å². The van der Waals surface area contributed by atoms with Crippen LogP contribution in [0.15, 0.2) is 84.0 Å². The minimum absolute atomic E-state index is 0.0251. The molecule has 4 aliphatic rings. The zero-order chi connectivity index (χ0) is 17.4. The maximum Gasteiger partial charge on any atom is 0.183 e. The van der Waals surface area contributed by atoms with Gasteiger partial charge in [0.1, 0.15) is 0 Å². The molecule has 2 bridgehead atoms. The van der Waals surface area contributed by atoms with E-state index in [0.29, 0.717) is 11.1 Å². The Morgan fingerprint density at radius 1 is 0.538 bits per heavy atom. The highest BCUT2D eigenvalue weighted by Crippen LogP contribution is 2.57. The smallest absolute Gasteiger partial charge is 0.183 e. The van der Waals surface area contributed by atoms with Crippen molar-refractivity contribution in [3.63, 3.8) is 0 Å². The summed E-state index contributed by atoms with van der Waals surface area (Å²) in [7, 11) is 0. The molecule has 0 saturated carbocycles. The summed E-state index contributed by atoms with van der Waals surface area (Å²) in [6.45, 7) is 0. The molecule has 122 valence electrons. The highest BCUT2D eigenvalue weighted by Gasteiger charge is 2.47. The average molecular weight is 334 g/mol. The predicted molar refractivity (Wildman–Crippen MR) is 100 cm³/mol. The lowest BCUT2D eigenvalue weighted by molar-refractivity contribution is -0.115. The summed E-state index contributed by atoms with van der Waals surface area (Å²) >= 11 is 0. The van der Waals surface area contributed by atoms with Gasteiger partial charge in [-0.15, -0.1) is 0 Å². The monoisotopic (exact) mass is 334 g/mol. The third kappa shape index (κ3) is 1.57. The minimum atomic E-state index is -0.146. The highest BCUT2D eigenvalue weighted by atomic mass is 16.1. The van der Waals surface area contributed by atoms with Gasteiger partial charge < -0.3 is 0 Å². The zero-order valence-electron chi connectivity index (χ0n) is 13.9. The summed E-state index contributed by atoms with van der Waals surface area (Å²) in [5, 5.41) is 2.34. The third-order valence-electron chi connectivity index (χ3n) is 5.98. The van der Waals surface area contributed by atoms with E-state index in [9.17, 15) is 9.59 Å². The number of hydrogen-bond donors (Lipinski definition) is 0. The van der Waals surface area contributed by atoms with Crippen LogP contribution in [0.2, 0.25) is 0 Å². The van der Waals surface area contributed by atoms with Crippen molar-refractivity contribution in [1.29, 1.82) is 0 Å². The third-order valence-corrected chi connectivity index (χ3v) is 5.98. The maximum absolute atomic E-state index is 12.8. The van der Waals surface area contributed by atoms with E-state index in [1.54, 1.807) is 0 Å². The van der Waals surface area contributed by atoms with Gasteiger partial charge in [0.2, 0.25) is 0 Å². The Kier molecular flexibility index (Phi) is 2.51. The Morgan fingerprint density at radius 3 is 1.42 bits per heavy atom. The maximum atomic E-state index is 12.8. The summed E-state index contributed by atoms with van der Waals surface area (Å²) in [6, 6.07) is 20.9. The van der Waals surface area contributed by atoms with Crippen molar-refractivity contribution in [2.45, 2.75) is 11.8 Å². The van der Waals surface area contributed by atoms with Crippen LogP contribution in [0.1, 0.15) is 34.1 Å². The lowest BCUT2D eigenvalue weighted by atomic mass is 9.58. The zero-order valence-corrected chi connectivity index (χ0v) is 13.9. The van der Waals surface area contributed by atoms with Gasteiger partial charge in [-0.3, -0.25) is 9.59 Å². The standard InChI is InChI=1S/C24H14O2/c25-19-9-10-20(26)24-22-16-8-4-3-7-15(16)21(23(19)24)17-11-13-5-1-2-6-14(13)12-18(17)22/h1-12,21-22H. The average Bonchev–Trinajstić information content (AvgIpc) is 2.69. The fraction of sp³-hybridized carbons (Fsp3) is 0.0833. The number of benzene rings is 3. The van der Waals surface area contributed by atoms with E-state index >= 15 is 0 Å². The summed E-state index contributed by atoms with van der Waals surface area (Å²) in [6.07, 6.45) is 2.87. The molecular formula is C24H14O2. The van der Waals surface area contributed by atoms with Gasteiger partial charge >= 0.3 is 0 Å². The van der Waals surface area contributed by atoms with Gasteiger partial charge in [-0.2, -0.15) is 0 Å². The van der Waals surface area contributed by atoms with Gasteiger partial charge in [0.15, 0.2) is 11.6 Å². The van der Waals surface area contributed by atoms with E-state index in [1.165, 1.54) is 34.1 Å². The predicted octanol–water partition coefficient (Wildman–Crippen LogP) is 4.44. The number of allylic oxidation sites excluding steroid dienone is 4. The molecule has 2 heteroatoms. The first kappa shape index (κ1) is 14.0. The van der Waals surface area contributed by atoms with Gasteiger partial charge in [0, 0.05) is 23.0 Å². The van der Waals surface area contributed by atoms with Gasteiger partial charge in [-0.05, 0) is 57.3 Å². The van der Waals surface area contributed by atoms with Crippen LogP contribution in [-0.2, 0) is 9.59 Å². The van der Waals surface area contributed by atoms with Crippen molar-refractivity contribution in [3.8, 4) is 0 Å². The van der Waals surface area contributed by atoms with E-state index < -0.39 is 0 Å². The molecule has 0 saturated heterocycles. The molecule has 0 N–H and O–H groups in total. The van der Waals surface area contributed by atoms with Gasteiger partial charge in [-0.1, -0.05) is 48.5 Å². The second-order valence-electron chi connectivity index (χ2n) is 7.21. The minimum Gasteiger partial charge on any atom is -0.290 e. The van der Waals surface area contributed by atoms with E-state index in [1.807, 2.05) is 24.3 Å². The van der Waals surface area contributed by atoms with Gasteiger partial charge in [-0.25, -0.2) is 0 Å². The number of carbonyl (C=O) groups is 2. The van der Waals surface area contributed by atoms with Crippen LogP contribution in [0, 0.1) is 0 Å². The Hall–Kier alpha value is -3.26. The summed E-state index contributed by atoms with van der Waals surface area (Å²) in [4.78, 5) is 25.5. The lowest BCUT2D eigenvalue weighted by Crippen LogP contribution is -2.35. The first-order valence-electron chi connectivity index (χ1n) is 8.86. The summed E-state index contributed by atoms with van der Waals surface area (Å²) < 4.78 is 0. The largest absolute Gasteiger partial charge is 0.290 e. The Labute approximate surface area is 150 Å². The first-order valence-corrected chi connectivity index (χ1v) is 8.86. The number of hydrogen-bond acceptors (Lipinski definition) is 2. The van der Waals surface area contributed by atoms with Crippen molar-refractivity contribution in [1.82, 2.24) is 0 Å². The lowest BCUT2D eigenvalue weighted by Gasteiger charge is -2.43. The molecule has 4 aliphatic carbocycles. The van der Waals surface area contributed by atoms with Crippen LogP contribution < -0.4 is 0 Å². The number of ketones is 2. The van der Waals surface area contributed by atoms with Crippen molar-refractivity contribution in [2.24, 2.45) is 0 Å². The molecule has 0 radical (unpaired) electrons. The second-order valence-corrected chi connectivity index (χ2v) is 7.21. The van der Waals surface area contributed by atoms with Gasteiger partial charge in [0.05, 0.1) is 0 Å². The van der Waals surface area contributed by atoms with Crippen LogP contribution >= 0.6 is 0 Å². The molecule has 3 aromatic rings. The van der Waals surface area contributed by atoms with Crippen LogP contribution in [0.3, 0.4) is 0 Å². The van der Waals surface area contributed by atoms with Crippen molar-refractivity contribution < 1.29 is 9.59 Å². The van der Waals surface area contributed by atoms with E-state index in [0.717, 1.165) is 11.1 Å². The number of fused-ring (bicyclic) bond motifs is 1. The topological polar surface area (TPSA) is 34.1 Å². The number of carbonyl (C=O) groups excluding carboxylic acids is 2. The fourth-order valence-corrected chi connectivity index (χ4v) is 4.96. The quantitative estimate of drug-likeness (QED) is 0.570. The molecule has 0 spiro atoms. The van der Waals surface area contributed by atoms with Crippen molar-refractivity contribution >= 4 is 22.3 Å². The summed E-state index contributed by atoms with van der Waals surface area (Å²) in [5.74, 6) is -0.342. The SMILES string of the molecule is O=C1C=CC(=O)C2=C1C1c3ccccc3C2c2cc3ccccc3cc21. The Balaban J connectivity index is 1.75. The fourth-order valence-electron chi connectivity index (χ4n) is 4.96. The molecule has 0 aliphatic heterocycles. The molecule has 0 fully saturated rings. The number of rotatable bonds is 0. The molecule has 0 heterocycles. The van der Waals surface area contributed by atoms with E-state index in [2.05, 4.69) is 36.4 Å². The normalized spacial score (nSPS) is 22.5. The van der Waals surface area contributed by atoms with Crippen LogP contribution in [0.4, 0.5) is 0 Å². The molecule has 3 aromatic carbocycles.